The summed E-state index contributed by atoms with van der Waals surface area (Å²) in [6.07, 6.45) is 5.68. The van der Waals surface area contributed by atoms with Crippen molar-refractivity contribution >= 4 is 29.6 Å². The van der Waals surface area contributed by atoms with Gasteiger partial charge < -0.3 is 14.4 Å². The number of carbonyl (C=O) groups is 1. The second kappa shape index (κ2) is 11.3. The van der Waals surface area contributed by atoms with Crippen molar-refractivity contribution in [3.8, 4) is 5.75 Å². The number of hydrogen-bond acceptors (Lipinski definition) is 12. The number of hydrazine groups is 2. The molecule has 0 bridgehead atoms. The van der Waals surface area contributed by atoms with Crippen molar-refractivity contribution in [3.63, 3.8) is 0 Å². The number of aromatic nitrogens is 2. The molecule has 6 rings (SSSR count). The second-order valence-corrected chi connectivity index (χ2v) is 9.87. The first-order valence-corrected chi connectivity index (χ1v) is 13.4. The van der Waals surface area contributed by atoms with Crippen LogP contribution in [0, 0.1) is 5.82 Å². The van der Waals surface area contributed by atoms with Gasteiger partial charge in [0.1, 0.15) is 41.6 Å². The van der Waals surface area contributed by atoms with Crippen molar-refractivity contribution in [2.45, 2.75) is 6.29 Å². The Kier molecular flexibility index (Phi) is 7.38. The molecule has 2 amide bonds. The summed E-state index contributed by atoms with van der Waals surface area (Å²) in [5.74, 6) is 6.84. The molecule has 2 N–H and O–H groups in total. The Hall–Kier alpha value is -4.34. The molecule has 4 aliphatic rings. The maximum atomic E-state index is 14.8. The summed E-state index contributed by atoms with van der Waals surface area (Å²) in [5.41, 5.74) is 2.26. The van der Waals surface area contributed by atoms with Crippen molar-refractivity contribution in [2.75, 3.05) is 71.5 Å². The van der Waals surface area contributed by atoms with Crippen LogP contribution < -0.4 is 15.5 Å². The molecule has 0 aliphatic carbocycles. The lowest BCUT2D eigenvalue weighted by Gasteiger charge is -2.37. The fraction of sp³-hybridized carbons (Fsp3) is 0.423. The molecule has 15 heteroatoms. The van der Waals surface area contributed by atoms with Gasteiger partial charge in [0, 0.05) is 71.9 Å². The van der Waals surface area contributed by atoms with Crippen LogP contribution in [0.15, 0.2) is 52.5 Å². The zero-order valence-electron chi connectivity index (χ0n) is 22.9. The smallest absolute Gasteiger partial charge is 0.341 e. The first-order valence-electron chi connectivity index (χ1n) is 13.4. The van der Waals surface area contributed by atoms with Gasteiger partial charge in [-0.2, -0.15) is 0 Å². The number of nitrogens with zero attached hydrogens (tertiary/aromatic N) is 10. The number of fused-ring (bicyclic) bond motifs is 3. The predicted octanol–water partition coefficient (Wildman–Crippen LogP) is 0.629. The van der Waals surface area contributed by atoms with E-state index < -0.39 is 6.29 Å². The highest BCUT2D eigenvalue weighted by Gasteiger charge is 2.51. The highest BCUT2D eigenvalue weighted by atomic mass is 19.1. The van der Waals surface area contributed by atoms with Gasteiger partial charge in [0.25, 0.3) is 0 Å². The van der Waals surface area contributed by atoms with Gasteiger partial charge in [-0.1, -0.05) is 0 Å². The average molecular weight is 566 g/mol. The van der Waals surface area contributed by atoms with Gasteiger partial charge in [-0.3, -0.25) is 19.8 Å². The second-order valence-electron chi connectivity index (χ2n) is 9.87. The summed E-state index contributed by atoms with van der Waals surface area (Å²) >= 11 is 0. The van der Waals surface area contributed by atoms with Gasteiger partial charge in [0.05, 0.1) is 18.5 Å². The highest BCUT2D eigenvalue weighted by Crippen LogP contribution is 2.37. The molecular weight excluding hydrogens is 533 g/mol. The summed E-state index contributed by atoms with van der Waals surface area (Å²) in [6, 6.07) is 4.78. The number of piperazine rings is 1. The Bertz CT molecular complexity index is 1380. The van der Waals surface area contributed by atoms with Crippen LogP contribution in [-0.4, -0.2) is 126 Å². The number of anilines is 1. The van der Waals surface area contributed by atoms with E-state index in [-0.39, 0.29) is 11.8 Å². The van der Waals surface area contributed by atoms with E-state index in [1.807, 2.05) is 4.90 Å². The molecule has 5 heterocycles. The number of amides is 2. The largest absolute Gasteiger partial charge is 0.491 e. The number of aliphatic imine (C=N–C) groups is 2. The van der Waals surface area contributed by atoms with E-state index in [1.54, 1.807) is 54.8 Å². The number of urea groups is 1. The number of methoxy groups -OCH3 is 1. The third-order valence-corrected chi connectivity index (χ3v) is 7.45. The number of rotatable bonds is 9. The summed E-state index contributed by atoms with van der Waals surface area (Å²) in [7, 11) is 3.30. The number of benzene rings is 1. The van der Waals surface area contributed by atoms with E-state index in [9.17, 15) is 9.18 Å². The van der Waals surface area contributed by atoms with Gasteiger partial charge >= 0.3 is 6.03 Å². The minimum absolute atomic E-state index is 0.171. The minimum Gasteiger partial charge on any atom is -0.491 e. The third kappa shape index (κ3) is 5.03. The molecule has 216 valence electrons. The Morgan fingerprint density at radius 2 is 1.95 bits per heavy atom. The van der Waals surface area contributed by atoms with Crippen LogP contribution in [0.3, 0.4) is 0 Å². The average Bonchev–Trinajstić information content (AvgIpc) is 3.49. The lowest BCUT2D eigenvalue weighted by molar-refractivity contribution is 0.0842. The van der Waals surface area contributed by atoms with Crippen LogP contribution in [0.2, 0.25) is 0 Å². The molecule has 2 aromatic rings. The Labute approximate surface area is 236 Å². The van der Waals surface area contributed by atoms with Gasteiger partial charge in [-0.15, -0.1) is 0 Å². The Balaban J connectivity index is 1.09. The zero-order chi connectivity index (χ0) is 28.5. The zero-order valence-corrected chi connectivity index (χ0v) is 22.9. The van der Waals surface area contributed by atoms with Crippen LogP contribution in [-0.2, 0) is 4.74 Å². The number of halogens is 1. The van der Waals surface area contributed by atoms with E-state index in [0.29, 0.717) is 73.8 Å². The molecule has 1 atom stereocenters. The molecule has 0 radical (unpaired) electrons. The number of ether oxygens (including phenoxy) is 2. The molecule has 14 nitrogen and oxygen atoms in total. The lowest BCUT2D eigenvalue weighted by atomic mass is 10.2. The fourth-order valence-electron chi connectivity index (χ4n) is 5.32. The van der Waals surface area contributed by atoms with Crippen molar-refractivity contribution < 1.29 is 18.7 Å². The summed E-state index contributed by atoms with van der Waals surface area (Å²) in [6.45, 7) is 4.72. The Morgan fingerprint density at radius 1 is 1.12 bits per heavy atom. The van der Waals surface area contributed by atoms with Crippen LogP contribution in [0.4, 0.5) is 14.9 Å². The molecule has 0 spiro atoms. The van der Waals surface area contributed by atoms with Crippen molar-refractivity contribution in [3.05, 3.63) is 54.0 Å². The van der Waals surface area contributed by atoms with E-state index in [1.165, 1.54) is 22.4 Å². The number of hydrogen-bond donors (Lipinski definition) is 1. The molecule has 41 heavy (non-hydrogen) atoms. The highest BCUT2D eigenvalue weighted by molar-refractivity contribution is 6.13. The number of carbonyl (C=O) groups excluding carboxylic acids is 1. The molecule has 2 fully saturated rings. The Morgan fingerprint density at radius 3 is 2.68 bits per heavy atom. The third-order valence-electron chi connectivity index (χ3n) is 7.45. The van der Waals surface area contributed by atoms with Crippen LogP contribution in [0.1, 0.15) is 5.69 Å². The molecule has 0 saturated carbocycles. The van der Waals surface area contributed by atoms with Gasteiger partial charge in [-0.05, 0) is 12.1 Å². The summed E-state index contributed by atoms with van der Waals surface area (Å²) in [5, 5.41) is 4.67. The topological polar surface area (TPSA) is 131 Å². The van der Waals surface area contributed by atoms with Crippen molar-refractivity contribution in [1.29, 1.82) is 0 Å². The number of amidine groups is 1. The first kappa shape index (κ1) is 26.9. The molecule has 1 unspecified atom stereocenters. The SMILES string of the molecule is COCCOc1ccc(N2CCN(CCN3C(=O)N(C)N4C5=C(c6cnccn6)N=CN(N)C5=NC34)CC2)c(F)c1. The van der Waals surface area contributed by atoms with E-state index in [4.69, 9.17) is 20.3 Å². The predicted molar refractivity (Wildman–Crippen MR) is 149 cm³/mol. The maximum Gasteiger partial charge on any atom is 0.341 e. The van der Waals surface area contributed by atoms with Crippen LogP contribution >= 0.6 is 0 Å². The molecular formula is C26H32FN11O3. The lowest BCUT2D eigenvalue weighted by Crippen LogP contribution is -2.49. The summed E-state index contributed by atoms with van der Waals surface area (Å²) < 4.78 is 25.3. The number of nitrogens with two attached hydrogens (primary N) is 1. The van der Waals surface area contributed by atoms with Gasteiger partial charge in [0.15, 0.2) is 5.84 Å². The first-order chi connectivity index (χ1) is 20.0. The van der Waals surface area contributed by atoms with Crippen molar-refractivity contribution in [2.24, 2.45) is 15.8 Å². The maximum absolute atomic E-state index is 14.8. The van der Waals surface area contributed by atoms with Gasteiger partial charge in [-0.25, -0.2) is 40.0 Å². The van der Waals surface area contributed by atoms with E-state index in [0.717, 1.165) is 13.1 Å². The van der Waals surface area contributed by atoms with E-state index >= 15 is 0 Å². The monoisotopic (exact) mass is 565 g/mol. The fourth-order valence-corrected chi connectivity index (χ4v) is 5.32. The quantitative estimate of drug-likeness (QED) is 0.341. The normalized spacial score (nSPS) is 20.7. The standard InChI is InChI=1S/C26H32FN11O3/c1-33-26(39)36(25-32-24-23(38(25)33)22(31-17-37(24)28)20-16-29-5-6-30-20)12-9-34-7-10-35(11-8-34)21-4-3-18(15-19(21)27)41-14-13-40-2/h3-6,15-17,25H,7-14,28H2,1-2H3. The molecule has 1 aromatic carbocycles. The molecule has 1 aromatic heterocycles. The minimum atomic E-state index is -0.586. The van der Waals surface area contributed by atoms with Crippen molar-refractivity contribution in [1.82, 2.24) is 34.8 Å². The van der Waals surface area contributed by atoms with Crippen LogP contribution in [0.5, 0.6) is 5.75 Å². The van der Waals surface area contributed by atoms with E-state index in [2.05, 4.69) is 19.9 Å². The van der Waals surface area contributed by atoms with Crippen LogP contribution in [0.25, 0.3) is 5.70 Å². The molecule has 2 saturated heterocycles. The molecule has 4 aliphatic heterocycles. The van der Waals surface area contributed by atoms with Gasteiger partial charge in [0.2, 0.25) is 6.29 Å². The summed E-state index contributed by atoms with van der Waals surface area (Å²) in [4.78, 5) is 37.1.